The van der Waals surface area contributed by atoms with Crippen molar-refractivity contribution in [2.45, 2.75) is 45.6 Å². The molecule has 19 heavy (non-hydrogen) atoms. The van der Waals surface area contributed by atoms with Crippen molar-refractivity contribution < 1.29 is 0 Å². The van der Waals surface area contributed by atoms with E-state index in [9.17, 15) is 0 Å². The van der Waals surface area contributed by atoms with E-state index in [4.69, 9.17) is 35.4 Å². The molecule has 2 nitrogen and oxygen atoms in total. The minimum absolute atomic E-state index is 0.351. The third-order valence-electron chi connectivity index (χ3n) is 2.82. The quantitative estimate of drug-likeness (QED) is 0.553. The average molecular weight is 319 g/mol. The van der Waals surface area contributed by atoms with Crippen molar-refractivity contribution in [3.8, 4) is 0 Å². The SMILES string of the molecule is CCCCCC(C)NC(=S)Nc1cccc(Cl)c1Cl. The Hall–Kier alpha value is -0.510. The van der Waals surface area contributed by atoms with Crippen LogP contribution in [0.3, 0.4) is 0 Å². The molecular formula is C14H20Cl2N2S. The number of thiocarbonyl (C=S) groups is 1. The van der Waals surface area contributed by atoms with Gasteiger partial charge in [0.2, 0.25) is 0 Å². The summed E-state index contributed by atoms with van der Waals surface area (Å²) in [6, 6.07) is 5.79. The highest BCUT2D eigenvalue weighted by atomic mass is 35.5. The van der Waals surface area contributed by atoms with E-state index in [1.165, 1.54) is 19.3 Å². The number of unbranched alkanes of at least 4 members (excludes halogenated alkanes) is 2. The van der Waals surface area contributed by atoms with Crippen LogP contribution in [-0.4, -0.2) is 11.2 Å². The highest BCUT2D eigenvalue weighted by Crippen LogP contribution is 2.29. The highest BCUT2D eigenvalue weighted by Gasteiger charge is 2.08. The van der Waals surface area contributed by atoms with Crippen molar-refractivity contribution in [2.75, 3.05) is 5.32 Å². The molecule has 0 saturated heterocycles. The fourth-order valence-electron chi connectivity index (χ4n) is 1.76. The van der Waals surface area contributed by atoms with Gasteiger partial charge >= 0.3 is 0 Å². The molecule has 5 heteroatoms. The molecule has 0 saturated carbocycles. The van der Waals surface area contributed by atoms with Gasteiger partial charge in [0.25, 0.3) is 0 Å². The maximum atomic E-state index is 6.09. The van der Waals surface area contributed by atoms with E-state index in [1.807, 2.05) is 12.1 Å². The number of benzene rings is 1. The third kappa shape index (κ3) is 5.98. The van der Waals surface area contributed by atoms with Crippen molar-refractivity contribution in [1.29, 1.82) is 0 Å². The Kier molecular flexibility index (Phi) is 7.51. The molecule has 0 radical (unpaired) electrons. The summed E-state index contributed by atoms with van der Waals surface area (Å²) in [5.74, 6) is 0. The second kappa shape index (κ2) is 8.62. The molecule has 0 heterocycles. The molecular weight excluding hydrogens is 299 g/mol. The van der Waals surface area contributed by atoms with Crippen LogP contribution >= 0.6 is 35.4 Å². The number of hydrogen-bond acceptors (Lipinski definition) is 1. The molecule has 0 aliphatic heterocycles. The summed E-state index contributed by atoms with van der Waals surface area (Å²) in [5, 5.41) is 7.92. The minimum Gasteiger partial charge on any atom is -0.360 e. The Morgan fingerprint density at radius 3 is 2.74 bits per heavy atom. The van der Waals surface area contributed by atoms with Crippen LogP contribution in [0.5, 0.6) is 0 Å². The molecule has 0 amide bonds. The lowest BCUT2D eigenvalue weighted by atomic mass is 10.1. The summed E-state index contributed by atoms with van der Waals surface area (Å²) < 4.78 is 0. The van der Waals surface area contributed by atoms with Gasteiger partial charge in [0.05, 0.1) is 15.7 Å². The summed E-state index contributed by atoms with van der Waals surface area (Å²) in [7, 11) is 0. The smallest absolute Gasteiger partial charge is 0.171 e. The molecule has 0 spiro atoms. The lowest BCUT2D eigenvalue weighted by molar-refractivity contribution is 0.556. The van der Waals surface area contributed by atoms with Crippen LogP contribution in [0.2, 0.25) is 10.0 Å². The maximum absolute atomic E-state index is 6.09. The van der Waals surface area contributed by atoms with Gasteiger partial charge in [-0.25, -0.2) is 0 Å². The van der Waals surface area contributed by atoms with E-state index >= 15 is 0 Å². The second-order valence-corrected chi connectivity index (χ2v) is 5.79. The van der Waals surface area contributed by atoms with Crippen LogP contribution in [0, 0.1) is 0 Å². The third-order valence-corrected chi connectivity index (χ3v) is 3.86. The fraction of sp³-hybridized carbons (Fsp3) is 0.500. The number of anilines is 1. The van der Waals surface area contributed by atoms with Gasteiger partial charge in [-0.1, -0.05) is 55.5 Å². The Labute approximate surface area is 130 Å². The molecule has 2 N–H and O–H groups in total. The van der Waals surface area contributed by atoms with Crippen molar-refractivity contribution >= 4 is 46.2 Å². The molecule has 1 aromatic rings. The topological polar surface area (TPSA) is 24.1 Å². The zero-order valence-electron chi connectivity index (χ0n) is 11.3. The van der Waals surface area contributed by atoms with Gasteiger partial charge in [0, 0.05) is 6.04 Å². The minimum atomic E-state index is 0.351. The predicted octanol–water partition coefficient (Wildman–Crippen LogP) is 5.25. The summed E-state index contributed by atoms with van der Waals surface area (Å²) in [5.41, 5.74) is 0.729. The molecule has 1 atom stereocenters. The first-order chi connectivity index (χ1) is 9.04. The van der Waals surface area contributed by atoms with Crippen LogP contribution < -0.4 is 10.6 Å². The van der Waals surface area contributed by atoms with Gasteiger partial charge in [0.15, 0.2) is 5.11 Å². The Balaban J connectivity index is 2.44. The number of hydrogen-bond donors (Lipinski definition) is 2. The van der Waals surface area contributed by atoms with E-state index in [0.29, 0.717) is 21.2 Å². The van der Waals surface area contributed by atoms with E-state index < -0.39 is 0 Å². The molecule has 1 unspecified atom stereocenters. The van der Waals surface area contributed by atoms with Crippen molar-refractivity contribution in [3.05, 3.63) is 28.2 Å². The number of halogens is 2. The van der Waals surface area contributed by atoms with E-state index in [2.05, 4.69) is 24.5 Å². The number of rotatable bonds is 6. The molecule has 1 rings (SSSR count). The zero-order chi connectivity index (χ0) is 14.3. The van der Waals surface area contributed by atoms with Gasteiger partial charge in [-0.05, 0) is 37.7 Å². The van der Waals surface area contributed by atoms with Gasteiger partial charge in [-0.3, -0.25) is 0 Å². The monoisotopic (exact) mass is 318 g/mol. The fourth-order valence-corrected chi connectivity index (χ4v) is 2.41. The second-order valence-electron chi connectivity index (χ2n) is 4.60. The molecule has 0 bridgehead atoms. The molecule has 0 aliphatic rings. The summed E-state index contributed by atoms with van der Waals surface area (Å²) in [6.45, 7) is 4.33. The van der Waals surface area contributed by atoms with Crippen LogP contribution in [-0.2, 0) is 0 Å². The maximum Gasteiger partial charge on any atom is 0.171 e. The van der Waals surface area contributed by atoms with Crippen molar-refractivity contribution in [1.82, 2.24) is 5.32 Å². The molecule has 0 aromatic heterocycles. The Bertz CT molecular complexity index is 424. The average Bonchev–Trinajstić information content (AvgIpc) is 2.35. The van der Waals surface area contributed by atoms with Gasteiger partial charge in [-0.2, -0.15) is 0 Å². The molecule has 1 aromatic carbocycles. The number of nitrogens with one attached hydrogen (secondary N) is 2. The first-order valence-electron chi connectivity index (χ1n) is 6.56. The first kappa shape index (κ1) is 16.5. The normalized spacial score (nSPS) is 12.0. The molecule has 0 aliphatic carbocycles. The van der Waals surface area contributed by atoms with Crippen LogP contribution in [0.25, 0.3) is 0 Å². The lowest BCUT2D eigenvalue weighted by Gasteiger charge is -2.17. The summed E-state index contributed by atoms with van der Waals surface area (Å²) in [4.78, 5) is 0. The summed E-state index contributed by atoms with van der Waals surface area (Å²) in [6.07, 6.45) is 4.81. The zero-order valence-corrected chi connectivity index (χ0v) is 13.6. The van der Waals surface area contributed by atoms with Gasteiger partial charge in [-0.15, -0.1) is 0 Å². The Morgan fingerprint density at radius 1 is 1.32 bits per heavy atom. The van der Waals surface area contributed by atoms with Gasteiger partial charge < -0.3 is 10.6 Å². The van der Waals surface area contributed by atoms with Gasteiger partial charge in [0.1, 0.15) is 0 Å². The molecule has 106 valence electrons. The van der Waals surface area contributed by atoms with E-state index in [1.54, 1.807) is 6.07 Å². The largest absolute Gasteiger partial charge is 0.360 e. The van der Waals surface area contributed by atoms with Crippen LogP contribution in [0.1, 0.15) is 39.5 Å². The van der Waals surface area contributed by atoms with Crippen LogP contribution in [0.4, 0.5) is 5.69 Å². The van der Waals surface area contributed by atoms with Crippen LogP contribution in [0.15, 0.2) is 18.2 Å². The van der Waals surface area contributed by atoms with Crippen molar-refractivity contribution in [3.63, 3.8) is 0 Å². The standard InChI is InChI=1S/C14H20Cl2N2S/c1-3-4-5-7-10(2)17-14(19)18-12-9-6-8-11(15)13(12)16/h6,8-10H,3-5,7H2,1-2H3,(H2,17,18,19). The lowest BCUT2D eigenvalue weighted by Crippen LogP contribution is -2.35. The molecule has 0 fully saturated rings. The first-order valence-corrected chi connectivity index (χ1v) is 7.72. The predicted molar refractivity (Wildman–Crippen MR) is 89.4 cm³/mol. The van der Waals surface area contributed by atoms with E-state index in [-0.39, 0.29) is 0 Å². The summed E-state index contributed by atoms with van der Waals surface area (Å²) >= 11 is 17.3. The highest BCUT2D eigenvalue weighted by molar-refractivity contribution is 7.80. The van der Waals surface area contributed by atoms with Crippen molar-refractivity contribution in [2.24, 2.45) is 0 Å². The van der Waals surface area contributed by atoms with E-state index in [0.717, 1.165) is 12.1 Å². The Morgan fingerprint density at radius 2 is 2.05 bits per heavy atom.